The smallest absolute Gasteiger partial charge is 0.216 e. The Morgan fingerprint density at radius 2 is 2.17 bits per heavy atom. The number of ether oxygens (including phenoxy) is 1. The van der Waals surface area contributed by atoms with Gasteiger partial charge < -0.3 is 9.15 Å². The second kappa shape index (κ2) is 6.84. The van der Waals surface area contributed by atoms with Crippen molar-refractivity contribution in [1.29, 1.82) is 0 Å². The molecule has 0 aliphatic heterocycles. The van der Waals surface area contributed by atoms with E-state index in [0.29, 0.717) is 16.4 Å². The lowest BCUT2D eigenvalue weighted by molar-refractivity contribution is 0.242. The molecule has 24 heavy (non-hydrogen) atoms. The third-order valence-electron chi connectivity index (χ3n) is 3.18. The van der Waals surface area contributed by atoms with Gasteiger partial charge in [-0.2, -0.15) is 14.9 Å². The van der Waals surface area contributed by atoms with Crippen molar-refractivity contribution in [3.63, 3.8) is 0 Å². The van der Waals surface area contributed by atoms with E-state index in [2.05, 4.69) is 15.3 Å². The van der Waals surface area contributed by atoms with Gasteiger partial charge in [0.25, 0.3) is 0 Å². The topological polar surface area (TPSA) is 68.3 Å². The monoisotopic (exact) mass is 342 g/mol. The first-order valence-electron chi connectivity index (χ1n) is 7.58. The minimum atomic E-state index is 0.0984. The van der Waals surface area contributed by atoms with Gasteiger partial charge in [-0.3, -0.25) is 0 Å². The number of hydrogen-bond acceptors (Lipinski definition) is 5. The number of hydrogen-bond donors (Lipinski definition) is 1. The molecular formula is C17H18N4O2S. The van der Waals surface area contributed by atoms with Crippen molar-refractivity contribution in [2.45, 2.75) is 26.9 Å². The summed E-state index contributed by atoms with van der Waals surface area (Å²) in [6, 6.07) is 11.4. The average molecular weight is 342 g/mol. The van der Waals surface area contributed by atoms with Crippen LogP contribution >= 0.6 is 12.2 Å². The Morgan fingerprint density at radius 1 is 1.33 bits per heavy atom. The highest BCUT2D eigenvalue weighted by Gasteiger charge is 2.10. The molecule has 0 amide bonds. The Balaban J connectivity index is 1.95. The molecule has 6 nitrogen and oxygen atoms in total. The van der Waals surface area contributed by atoms with E-state index in [4.69, 9.17) is 21.4 Å². The molecule has 0 saturated heterocycles. The summed E-state index contributed by atoms with van der Waals surface area (Å²) in [5.74, 6) is 2.85. The van der Waals surface area contributed by atoms with E-state index in [1.165, 1.54) is 0 Å². The molecule has 3 rings (SSSR count). The van der Waals surface area contributed by atoms with Crippen molar-refractivity contribution in [3.8, 4) is 17.1 Å². The molecule has 0 atom stereocenters. The van der Waals surface area contributed by atoms with Crippen LogP contribution in [0.5, 0.6) is 5.75 Å². The van der Waals surface area contributed by atoms with Gasteiger partial charge in [0.1, 0.15) is 17.3 Å². The SMILES string of the molecule is Cc1ccc(C=Nn2c(-c3cccc(OC(C)C)c3)n[nH]c2=S)o1. The van der Waals surface area contributed by atoms with E-state index in [1.807, 2.05) is 57.2 Å². The van der Waals surface area contributed by atoms with Gasteiger partial charge in [-0.05, 0) is 57.3 Å². The third-order valence-corrected chi connectivity index (χ3v) is 3.44. The summed E-state index contributed by atoms with van der Waals surface area (Å²) >= 11 is 5.27. The molecule has 7 heteroatoms. The maximum absolute atomic E-state index is 5.73. The molecule has 0 bridgehead atoms. The molecule has 1 N–H and O–H groups in total. The summed E-state index contributed by atoms with van der Waals surface area (Å²) in [6.45, 7) is 5.85. The van der Waals surface area contributed by atoms with E-state index in [-0.39, 0.29) is 6.10 Å². The fraction of sp³-hybridized carbons (Fsp3) is 0.235. The van der Waals surface area contributed by atoms with Crippen LogP contribution < -0.4 is 4.74 Å². The van der Waals surface area contributed by atoms with Gasteiger partial charge in [0.15, 0.2) is 5.82 Å². The Labute approximate surface area is 144 Å². The maximum Gasteiger partial charge on any atom is 0.216 e. The predicted molar refractivity (Wildman–Crippen MR) is 95.0 cm³/mol. The predicted octanol–water partition coefficient (Wildman–Crippen LogP) is 4.18. The summed E-state index contributed by atoms with van der Waals surface area (Å²) in [6.07, 6.45) is 1.71. The highest BCUT2D eigenvalue weighted by Crippen LogP contribution is 2.23. The van der Waals surface area contributed by atoms with Crippen LogP contribution in [0, 0.1) is 11.7 Å². The van der Waals surface area contributed by atoms with Crippen LogP contribution in [0.3, 0.4) is 0 Å². The van der Waals surface area contributed by atoms with Gasteiger partial charge in [-0.1, -0.05) is 12.1 Å². The average Bonchev–Trinajstić information content (AvgIpc) is 3.11. The number of H-pyrrole nitrogens is 1. The normalized spacial score (nSPS) is 11.5. The second-order valence-electron chi connectivity index (χ2n) is 5.55. The highest BCUT2D eigenvalue weighted by atomic mass is 32.1. The quantitative estimate of drug-likeness (QED) is 0.558. The standard InChI is InChI=1S/C17H18N4O2S/c1-11(2)22-14-6-4-5-13(9-14)16-19-20-17(24)21(16)18-10-15-8-7-12(3)23-15/h4-11H,1-3H3,(H,20,24). The number of nitrogens with zero attached hydrogens (tertiary/aromatic N) is 3. The zero-order valence-electron chi connectivity index (χ0n) is 13.7. The molecule has 0 unspecified atom stereocenters. The lowest BCUT2D eigenvalue weighted by Gasteiger charge is -2.10. The molecule has 3 aromatic rings. The fourth-order valence-electron chi connectivity index (χ4n) is 2.20. The first-order valence-corrected chi connectivity index (χ1v) is 7.99. The molecule has 0 aliphatic carbocycles. The van der Waals surface area contributed by atoms with Crippen LogP contribution in [0.2, 0.25) is 0 Å². The van der Waals surface area contributed by atoms with Crippen LogP contribution in [0.15, 0.2) is 45.9 Å². The van der Waals surface area contributed by atoms with Gasteiger partial charge in [-0.15, -0.1) is 0 Å². The number of nitrogens with one attached hydrogen (secondary N) is 1. The summed E-state index contributed by atoms with van der Waals surface area (Å²) in [5.41, 5.74) is 0.855. The minimum absolute atomic E-state index is 0.0984. The van der Waals surface area contributed by atoms with Crippen molar-refractivity contribution in [2.75, 3.05) is 0 Å². The molecule has 1 aromatic carbocycles. The molecule has 2 heterocycles. The molecule has 2 aromatic heterocycles. The number of furan rings is 1. The maximum atomic E-state index is 5.73. The molecule has 0 aliphatic rings. The number of benzene rings is 1. The zero-order valence-corrected chi connectivity index (χ0v) is 14.5. The lowest BCUT2D eigenvalue weighted by Crippen LogP contribution is -2.05. The van der Waals surface area contributed by atoms with E-state index in [9.17, 15) is 0 Å². The number of aryl methyl sites for hydroxylation is 1. The van der Waals surface area contributed by atoms with Crippen molar-refractivity contribution < 1.29 is 9.15 Å². The Morgan fingerprint density at radius 3 is 2.88 bits per heavy atom. The summed E-state index contributed by atoms with van der Waals surface area (Å²) in [4.78, 5) is 0. The van der Waals surface area contributed by atoms with E-state index < -0.39 is 0 Å². The highest BCUT2D eigenvalue weighted by molar-refractivity contribution is 7.71. The summed E-state index contributed by atoms with van der Waals surface area (Å²) < 4.78 is 13.2. The van der Waals surface area contributed by atoms with Crippen LogP contribution in [-0.4, -0.2) is 27.2 Å². The molecule has 0 spiro atoms. The first-order chi connectivity index (χ1) is 11.5. The first kappa shape index (κ1) is 16.2. The molecule has 0 saturated carbocycles. The summed E-state index contributed by atoms with van der Waals surface area (Å²) in [5, 5.41) is 11.4. The van der Waals surface area contributed by atoms with E-state index >= 15 is 0 Å². The number of aromatic nitrogens is 3. The van der Waals surface area contributed by atoms with Crippen LogP contribution in [0.25, 0.3) is 11.4 Å². The van der Waals surface area contributed by atoms with Gasteiger partial charge in [0.05, 0.1) is 12.3 Å². The van der Waals surface area contributed by atoms with Crippen LogP contribution in [-0.2, 0) is 0 Å². The Hall–Kier alpha value is -2.67. The Bertz CT molecular complexity index is 921. The number of aromatic amines is 1. The van der Waals surface area contributed by atoms with Gasteiger partial charge in [-0.25, -0.2) is 5.10 Å². The third kappa shape index (κ3) is 3.62. The molecule has 0 radical (unpaired) electrons. The van der Waals surface area contributed by atoms with Crippen molar-refractivity contribution in [1.82, 2.24) is 14.9 Å². The van der Waals surface area contributed by atoms with Gasteiger partial charge >= 0.3 is 0 Å². The van der Waals surface area contributed by atoms with Gasteiger partial charge in [0.2, 0.25) is 4.77 Å². The molecule has 0 fully saturated rings. The Kier molecular flexibility index (Phi) is 4.61. The van der Waals surface area contributed by atoms with E-state index in [0.717, 1.165) is 17.1 Å². The van der Waals surface area contributed by atoms with E-state index in [1.54, 1.807) is 10.9 Å². The zero-order chi connectivity index (χ0) is 17.1. The van der Waals surface area contributed by atoms with Gasteiger partial charge in [0, 0.05) is 5.56 Å². The van der Waals surface area contributed by atoms with Crippen LogP contribution in [0.1, 0.15) is 25.4 Å². The number of rotatable bonds is 5. The largest absolute Gasteiger partial charge is 0.491 e. The molecular weight excluding hydrogens is 324 g/mol. The van der Waals surface area contributed by atoms with Crippen LogP contribution in [0.4, 0.5) is 0 Å². The molecule has 124 valence electrons. The minimum Gasteiger partial charge on any atom is -0.491 e. The second-order valence-corrected chi connectivity index (χ2v) is 5.94. The lowest BCUT2D eigenvalue weighted by atomic mass is 10.2. The summed E-state index contributed by atoms with van der Waals surface area (Å²) in [7, 11) is 0. The van der Waals surface area contributed by atoms with Crippen molar-refractivity contribution >= 4 is 18.4 Å². The van der Waals surface area contributed by atoms with Crippen molar-refractivity contribution in [3.05, 3.63) is 52.7 Å². The fourth-order valence-corrected chi connectivity index (χ4v) is 2.38. The van der Waals surface area contributed by atoms with Crippen molar-refractivity contribution in [2.24, 2.45) is 5.10 Å².